The highest BCUT2D eigenvalue weighted by atomic mass is 127. The molecule has 0 saturated carbocycles. The second-order valence-electron chi connectivity index (χ2n) is 6.52. The third-order valence-electron chi connectivity index (χ3n) is 4.71. The Labute approximate surface area is 188 Å². The molecule has 0 radical (unpaired) electrons. The first-order chi connectivity index (χ1) is 13.7. The van der Waals surface area contributed by atoms with Gasteiger partial charge in [0.2, 0.25) is 0 Å². The monoisotopic (exact) mass is 509 g/mol. The third kappa shape index (κ3) is 6.28. The number of nitrogens with one attached hydrogen (secondary N) is 2. The number of hydrogen-bond acceptors (Lipinski definition) is 5. The molecule has 2 heterocycles. The van der Waals surface area contributed by atoms with Crippen LogP contribution in [0.1, 0.15) is 49.6 Å². The van der Waals surface area contributed by atoms with E-state index in [0.29, 0.717) is 25.0 Å². The molecule has 0 aliphatic rings. The first kappa shape index (κ1) is 22.9. The summed E-state index contributed by atoms with van der Waals surface area (Å²) in [4.78, 5) is 8.22. The molecule has 0 bridgehead atoms. The van der Waals surface area contributed by atoms with Crippen molar-refractivity contribution in [3.63, 3.8) is 0 Å². The highest BCUT2D eigenvalue weighted by Gasteiger charge is 2.13. The summed E-state index contributed by atoms with van der Waals surface area (Å²) < 4.78 is 7.17. The van der Waals surface area contributed by atoms with Crippen LogP contribution in [-0.2, 0) is 13.1 Å². The largest absolute Gasteiger partial charge is 0.359 e. The summed E-state index contributed by atoms with van der Waals surface area (Å²) in [6.45, 7) is 5.54. The number of rotatable bonds is 8. The van der Waals surface area contributed by atoms with E-state index in [4.69, 9.17) is 4.52 Å². The van der Waals surface area contributed by atoms with E-state index in [1.807, 2.05) is 18.2 Å². The Balaban J connectivity index is 0.00000300. The normalized spacial score (nSPS) is 11.4. The predicted molar refractivity (Wildman–Crippen MR) is 124 cm³/mol. The average molecular weight is 509 g/mol. The van der Waals surface area contributed by atoms with Crippen molar-refractivity contribution in [1.29, 1.82) is 0 Å². The van der Waals surface area contributed by atoms with Gasteiger partial charge in [-0.15, -0.1) is 24.0 Å². The van der Waals surface area contributed by atoms with E-state index in [1.165, 1.54) is 6.33 Å². The minimum Gasteiger partial charge on any atom is -0.359 e. The molecular formula is C20H28IN7O. The van der Waals surface area contributed by atoms with Crippen LogP contribution in [-0.4, -0.2) is 32.9 Å². The zero-order valence-electron chi connectivity index (χ0n) is 17.0. The Morgan fingerprint density at radius 2 is 1.86 bits per heavy atom. The second-order valence-corrected chi connectivity index (χ2v) is 6.52. The number of hydrogen-bond donors (Lipinski definition) is 2. The average Bonchev–Trinajstić information content (AvgIpc) is 3.42. The molecule has 0 spiro atoms. The van der Waals surface area contributed by atoms with Crippen LogP contribution >= 0.6 is 24.0 Å². The van der Waals surface area contributed by atoms with Crippen LogP contribution in [0.2, 0.25) is 0 Å². The number of aromatic nitrogens is 4. The van der Waals surface area contributed by atoms with Gasteiger partial charge in [0, 0.05) is 25.6 Å². The van der Waals surface area contributed by atoms with E-state index in [0.717, 1.165) is 35.5 Å². The second kappa shape index (κ2) is 11.5. The van der Waals surface area contributed by atoms with Gasteiger partial charge in [0.05, 0.1) is 17.9 Å². The van der Waals surface area contributed by atoms with Gasteiger partial charge in [-0.3, -0.25) is 4.99 Å². The van der Waals surface area contributed by atoms with E-state index in [1.54, 1.807) is 18.1 Å². The molecule has 3 rings (SSSR count). The fraction of sp³-hybridized carbons (Fsp3) is 0.400. The van der Waals surface area contributed by atoms with Crippen molar-refractivity contribution >= 4 is 29.9 Å². The molecule has 9 heteroatoms. The topological polar surface area (TPSA) is 93.2 Å². The molecule has 3 aromatic rings. The third-order valence-corrected chi connectivity index (χ3v) is 4.71. The maximum atomic E-state index is 5.45. The molecule has 8 nitrogen and oxygen atoms in total. The summed E-state index contributed by atoms with van der Waals surface area (Å²) in [5.41, 5.74) is 3.14. The van der Waals surface area contributed by atoms with Crippen LogP contribution in [0.5, 0.6) is 0 Å². The Kier molecular flexibility index (Phi) is 9.10. The van der Waals surface area contributed by atoms with Crippen LogP contribution in [0.15, 0.2) is 52.5 Å². The molecule has 1 aromatic carbocycles. The smallest absolute Gasteiger partial charge is 0.191 e. The van der Waals surface area contributed by atoms with Gasteiger partial charge in [0.15, 0.2) is 11.7 Å². The van der Waals surface area contributed by atoms with E-state index >= 15 is 0 Å². The minimum absolute atomic E-state index is 0. The van der Waals surface area contributed by atoms with Crippen molar-refractivity contribution in [3.05, 3.63) is 60.0 Å². The summed E-state index contributed by atoms with van der Waals surface area (Å²) in [7, 11) is 1.75. The van der Waals surface area contributed by atoms with Crippen LogP contribution in [0.3, 0.4) is 0 Å². The van der Waals surface area contributed by atoms with E-state index in [-0.39, 0.29) is 24.0 Å². The Morgan fingerprint density at radius 3 is 2.48 bits per heavy atom. The lowest BCUT2D eigenvalue weighted by Crippen LogP contribution is -2.36. The van der Waals surface area contributed by atoms with Crippen LogP contribution in [0.25, 0.3) is 5.69 Å². The van der Waals surface area contributed by atoms with Gasteiger partial charge in [0.1, 0.15) is 12.7 Å². The number of guanidine groups is 1. The number of halogens is 1. The Hall–Kier alpha value is -2.43. The van der Waals surface area contributed by atoms with Crippen LogP contribution in [0, 0.1) is 0 Å². The van der Waals surface area contributed by atoms with Gasteiger partial charge in [-0.1, -0.05) is 31.1 Å². The van der Waals surface area contributed by atoms with Gasteiger partial charge in [-0.25, -0.2) is 9.67 Å². The Morgan fingerprint density at radius 1 is 1.14 bits per heavy atom. The maximum Gasteiger partial charge on any atom is 0.191 e. The molecule has 0 aliphatic heterocycles. The number of aliphatic imine (C=N–C) groups is 1. The zero-order valence-corrected chi connectivity index (χ0v) is 19.3. The quantitative estimate of drug-likeness (QED) is 0.274. The standard InChI is InChI=1S/C20H27N7O.HI/c1-4-16(5-2)19-10-18(28-26-19)12-24-20(21-3)23-11-15-6-8-17(9-7-15)27-14-22-13-25-27;/h6-10,13-14,16H,4-5,11-12H2,1-3H3,(H2,21,23,24);1H. The molecular weight excluding hydrogens is 481 g/mol. The number of nitrogens with zero attached hydrogens (tertiary/aromatic N) is 5. The van der Waals surface area contributed by atoms with Crippen molar-refractivity contribution in [3.8, 4) is 5.69 Å². The molecule has 0 fully saturated rings. The van der Waals surface area contributed by atoms with Crippen molar-refractivity contribution in [2.45, 2.75) is 45.7 Å². The first-order valence-corrected chi connectivity index (χ1v) is 9.57. The molecule has 0 saturated heterocycles. The summed E-state index contributed by atoms with van der Waals surface area (Å²) in [6, 6.07) is 10.2. The molecule has 29 heavy (non-hydrogen) atoms. The molecule has 0 amide bonds. The summed E-state index contributed by atoms with van der Waals surface area (Å²) in [5, 5.41) is 14.9. The fourth-order valence-electron chi connectivity index (χ4n) is 3.00. The summed E-state index contributed by atoms with van der Waals surface area (Å²) in [6.07, 6.45) is 5.33. The lowest BCUT2D eigenvalue weighted by molar-refractivity contribution is 0.368. The van der Waals surface area contributed by atoms with E-state index < -0.39 is 0 Å². The highest BCUT2D eigenvalue weighted by Crippen LogP contribution is 2.22. The van der Waals surface area contributed by atoms with E-state index in [2.05, 4.69) is 56.8 Å². The molecule has 0 atom stereocenters. The van der Waals surface area contributed by atoms with Crippen molar-refractivity contribution < 1.29 is 4.52 Å². The lowest BCUT2D eigenvalue weighted by Gasteiger charge is -2.11. The van der Waals surface area contributed by atoms with Gasteiger partial charge >= 0.3 is 0 Å². The maximum absolute atomic E-state index is 5.45. The van der Waals surface area contributed by atoms with Crippen LogP contribution < -0.4 is 10.6 Å². The highest BCUT2D eigenvalue weighted by molar-refractivity contribution is 14.0. The SMILES string of the molecule is CCC(CC)c1cc(CNC(=NC)NCc2ccc(-n3cncn3)cc2)on1.I. The molecule has 2 N–H and O–H groups in total. The van der Waals surface area contributed by atoms with Gasteiger partial charge in [-0.2, -0.15) is 5.10 Å². The van der Waals surface area contributed by atoms with Gasteiger partial charge in [-0.05, 0) is 30.5 Å². The van der Waals surface area contributed by atoms with Crippen molar-refractivity contribution in [2.24, 2.45) is 4.99 Å². The fourth-order valence-corrected chi connectivity index (χ4v) is 3.00. The van der Waals surface area contributed by atoms with E-state index in [9.17, 15) is 0 Å². The molecule has 0 aliphatic carbocycles. The minimum atomic E-state index is 0. The predicted octanol–water partition coefficient (Wildman–Crippen LogP) is 3.64. The summed E-state index contributed by atoms with van der Waals surface area (Å²) in [5.74, 6) is 1.97. The van der Waals surface area contributed by atoms with Crippen molar-refractivity contribution in [1.82, 2.24) is 30.6 Å². The molecule has 156 valence electrons. The van der Waals surface area contributed by atoms with Crippen LogP contribution in [0.4, 0.5) is 0 Å². The van der Waals surface area contributed by atoms with Gasteiger partial charge < -0.3 is 15.2 Å². The lowest BCUT2D eigenvalue weighted by atomic mass is 9.99. The molecule has 0 unspecified atom stereocenters. The van der Waals surface area contributed by atoms with Crippen molar-refractivity contribution in [2.75, 3.05) is 7.05 Å². The first-order valence-electron chi connectivity index (χ1n) is 9.57. The zero-order chi connectivity index (χ0) is 19.8. The Bertz CT molecular complexity index is 871. The summed E-state index contributed by atoms with van der Waals surface area (Å²) >= 11 is 0. The van der Waals surface area contributed by atoms with Gasteiger partial charge in [0.25, 0.3) is 0 Å². The number of benzene rings is 1. The molecule has 2 aromatic heterocycles.